The Labute approximate surface area is 208 Å². The monoisotopic (exact) mass is 484 g/mol. The molecular formula is C30H39F3N2. The maximum atomic E-state index is 15.0. The molecule has 35 heavy (non-hydrogen) atoms. The van der Waals surface area contributed by atoms with Crippen molar-refractivity contribution < 1.29 is 13.2 Å². The fraction of sp³-hybridized carbons (Fsp3) is 0.533. The molecule has 0 aliphatic carbocycles. The van der Waals surface area contributed by atoms with Crippen LogP contribution in [0.5, 0.6) is 0 Å². The van der Waals surface area contributed by atoms with Gasteiger partial charge in [-0.3, -0.25) is 0 Å². The Kier molecular flexibility index (Phi) is 8.26. The van der Waals surface area contributed by atoms with Gasteiger partial charge in [-0.2, -0.15) is 0 Å². The van der Waals surface area contributed by atoms with Gasteiger partial charge in [-0.05, 0) is 113 Å². The fourth-order valence-electron chi connectivity index (χ4n) is 5.52. The highest BCUT2D eigenvalue weighted by Gasteiger charge is 2.25. The van der Waals surface area contributed by atoms with E-state index in [-0.39, 0.29) is 11.6 Å². The van der Waals surface area contributed by atoms with Gasteiger partial charge in [-0.15, -0.1) is 0 Å². The lowest BCUT2D eigenvalue weighted by atomic mass is 9.89. The fourth-order valence-corrected chi connectivity index (χ4v) is 5.52. The minimum atomic E-state index is -1.16. The van der Waals surface area contributed by atoms with Gasteiger partial charge in [-0.25, -0.2) is 13.2 Å². The van der Waals surface area contributed by atoms with Gasteiger partial charge in [0.15, 0.2) is 0 Å². The first-order valence-corrected chi connectivity index (χ1v) is 13.1. The molecule has 0 atom stereocenters. The van der Waals surface area contributed by atoms with Gasteiger partial charge in [0.1, 0.15) is 17.3 Å². The van der Waals surface area contributed by atoms with Crippen LogP contribution in [0, 0.1) is 17.6 Å². The molecule has 2 fully saturated rings. The van der Waals surface area contributed by atoms with E-state index in [0.717, 1.165) is 64.0 Å². The molecule has 0 N–H and O–H groups in total. The SMILES string of the molecule is C=C(c1ccc(-c2ccc(CCC3CCN(CC(C)(C)F)CC3)c(F)c2)cc1F)N1CCCCC1. The van der Waals surface area contributed by atoms with E-state index in [1.165, 1.54) is 18.6 Å². The van der Waals surface area contributed by atoms with Crippen molar-refractivity contribution in [1.29, 1.82) is 0 Å². The first-order chi connectivity index (χ1) is 16.7. The topological polar surface area (TPSA) is 6.48 Å². The molecule has 0 saturated carbocycles. The van der Waals surface area contributed by atoms with Crippen molar-refractivity contribution in [3.63, 3.8) is 0 Å². The minimum Gasteiger partial charge on any atom is -0.371 e. The predicted molar refractivity (Wildman–Crippen MR) is 139 cm³/mol. The highest BCUT2D eigenvalue weighted by Crippen LogP contribution is 2.30. The van der Waals surface area contributed by atoms with Gasteiger partial charge in [-0.1, -0.05) is 24.8 Å². The van der Waals surface area contributed by atoms with E-state index >= 15 is 0 Å². The Bertz CT molecular complexity index is 1010. The molecule has 190 valence electrons. The van der Waals surface area contributed by atoms with Crippen LogP contribution < -0.4 is 0 Å². The summed E-state index contributed by atoms with van der Waals surface area (Å²) in [6, 6.07) is 10.4. The number of likely N-dealkylation sites (tertiary alicyclic amines) is 2. The average Bonchev–Trinajstić information content (AvgIpc) is 2.83. The summed E-state index contributed by atoms with van der Waals surface area (Å²) in [6.07, 6.45) is 7.13. The summed E-state index contributed by atoms with van der Waals surface area (Å²) >= 11 is 0. The predicted octanol–water partition coefficient (Wildman–Crippen LogP) is 7.48. The number of nitrogens with zero attached hydrogens (tertiary/aromatic N) is 2. The molecular weight excluding hydrogens is 445 g/mol. The molecule has 2 aromatic rings. The molecule has 0 unspecified atom stereocenters. The number of hydrogen-bond acceptors (Lipinski definition) is 2. The maximum absolute atomic E-state index is 15.0. The maximum Gasteiger partial charge on any atom is 0.133 e. The van der Waals surface area contributed by atoms with E-state index in [1.807, 2.05) is 18.2 Å². The summed E-state index contributed by atoms with van der Waals surface area (Å²) in [6.45, 7) is 11.5. The zero-order chi connectivity index (χ0) is 25.0. The summed E-state index contributed by atoms with van der Waals surface area (Å²) in [5, 5.41) is 0. The molecule has 2 aliphatic rings. The Morgan fingerprint density at radius 3 is 2.14 bits per heavy atom. The number of aryl methyl sites for hydroxylation is 1. The summed E-state index contributed by atoms with van der Waals surface area (Å²) in [4.78, 5) is 4.35. The van der Waals surface area contributed by atoms with Gasteiger partial charge in [0, 0.05) is 30.9 Å². The van der Waals surface area contributed by atoms with E-state index in [2.05, 4.69) is 16.4 Å². The molecule has 4 rings (SSSR count). The number of rotatable bonds is 8. The first-order valence-electron chi connectivity index (χ1n) is 13.1. The average molecular weight is 485 g/mol. The van der Waals surface area contributed by atoms with Crippen LogP contribution >= 0.6 is 0 Å². The molecule has 0 aromatic heterocycles. The lowest BCUT2D eigenvalue weighted by Crippen LogP contribution is -2.41. The van der Waals surface area contributed by atoms with Crippen LogP contribution in [0.1, 0.15) is 63.5 Å². The van der Waals surface area contributed by atoms with Crippen LogP contribution in [0.25, 0.3) is 16.8 Å². The molecule has 2 saturated heterocycles. The summed E-state index contributed by atoms with van der Waals surface area (Å²) in [7, 11) is 0. The van der Waals surface area contributed by atoms with Gasteiger partial charge in [0.2, 0.25) is 0 Å². The first kappa shape index (κ1) is 25.8. The van der Waals surface area contributed by atoms with E-state index < -0.39 is 5.67 Å². The molecule has 2 aliphatic heterocycles. The van der Waals surface area contributed by atoms with Crippen molar-refractivity contribution in [3.8, 4) is 11.1 Å². The molecule has 2 aromatic carbocycles. The number of alkyl halides is 1. The van der Waals surface area contributed by atoms with Gasteiger partial charge < -0.3 is 9.80 Å². The second-order valence-corrected chi connectivity index (χ2v) is 11.0. The molecule has 2 heterocycles. The van der Waals surface area contributed by atoms with E-state index in [9.17, 15) is 13.2 Å². The van der Waals surface area contributed by atoms with Crippen LogP contribution in [-0.4, -0.2) is 48.2 Å². The van der Waals surface area contributed by atoms with Crippen molar-refractivity contribution in [2.75, 3.05) is 32.7 Å². The minimum absolute atomic E-state index is 0.235. The second kappa shape index (κ2) is 11.2. The van der Waals surface area contributed by atoms with Gasteiger partial charge in [0.25, 0.3) is 0 Å². The number of benzene rings is 2. The third kappa shape index (κ3) is 6.91. The van der Waals surface area contributed by atoms with Gasteiger partial charge >= 0.3 is 0 Å². The summed E-state index contributed by atoms with van der Waals surface area (Å²) < 4.78 is 43.8. The Balaban J connectivity index is 1.34. The van der Waals surface area contributed by atoms with Crippen LogP contribution in [0.2, 0.25) is 0 Å². The lowest BCUT2D eigenvalue weighted by molar-refractivity contribution is 0.0942. The van der Waals surface area contributed by atoms with E-state index in [1.54, 1.807) is 19.9 Å². The van der Waals surface area contributed by atoms with Crippen molar-refractivity contribution in [2.45, 2.75) is 64.5 Å². The van der Waals surface area contributed by atoms with E-state index in [4.69, 9.17) is 0 Å². The Morgan fingerprint density at radius 1 is 0.914 bits per heavy atom. The van der Waals surface area contributed by atoms with Crippen LogP contribution in [0.3, 0.4) is 0 Å². The summed E-state index contributed by atoms with van der Waals surface area (Å²) in [5.41, 5.74) is 2.15. The molecule has 0 bridgehead atoms. The second-order valence-electron chi connectivity index (χ2n) is 11.0. The van der Waals surface area contributed by atoms with E-state index in [0.29, 0.717) is 41.1 Å². The Morgan fingerprint density at radius 2 is 1.54 bits per heavy atom. The normalized spacial score (nSPS) is 18.1. The van der Waals surface area contributed by atoms with Crippen LogP contribution in [-0.2, 0) is 6.42 Å². The third-order valence-corrected chi connectivity index (χ3v) is 7.53. The van der Waals surface area contributed by atoms with Crippen molar-refractivity contribution >= 4 is 5.70 Å². The van der Waals surface area contributed by atoms with Crippen LogP contribution in [0.4, 0.5) is 13.2 Å². The molecule has 2 nitrogen and oxygen atoms in total. The largest absolute Gasteiger partial charge is 0.371 e. The molecule has 5 heteroatoms. The zero-order valence-corrected chi connectivity index (χ0v) is 21.3. The van der Waals surface area contributed by atoms with Gasteiger partial charge in [0.05, 0.1) is 0 Å². The number of piperidine rings is 2. The van der Waals surface area contributed by atoms with Crippen molar-refractivity contribution in [3.05, 3.63) is 65.7 Å². The molecule has 0 amide bonds. The van der Waals surface area contributed by atoms with Crippen molar-refractivity contribution in [1.82, 2.24) is 9.80 Å². The summed E-state index contributed by atoms with van der Waals surface area (Å²) in [5.74, 6) is -0.00549. The Hall–Kier alpha value is -2.27. The highest BCUT2D eigenvalue weighted by molar-refractivity contribution is 5.69. The zero-order valence-electron chi connectivity index (χ0n) is 21.3. The number of hydrogen-bond donors (Lipinski definition) is 0. The third-order valence-electron chi connectivity index (χ3n) is 7.53. The quantitative estimate of drug-likeness (QED) is 0.383. The van der Waals surface area contributed by atoms with Crippen molar-refractivity contribution in [2.24, 2.45) is 5.92 Å². The van der Waals surface area contributed by atoms with Crippen LogP contribution in [0.15, 0.2) is 43.0 Å². The standard InChI is InChI=1S/C30H39F3N2/c1-22(35-15-5-4-6-16-35)27-12-11-26(20-29(27)32)25-10-9-24(28(31)19-25)8-7-23-13-17-34(18-14-23)21-30(2,3)33/h9-12,19-20,23H,1,4-8,13-18,21H2,2-3H3. The highest BCUT2D eigenvalue weighted by atomic mass is 19.1. The smallest absolute Gasteiger partial charge is 0.133 e. The number of halogens is 3. The molecule has 0 radical (unpaired) electrons. The molecule has 0 spiro atoms. The lowest BCUT2D eigenvalue weighted by Gasteiger charge is -2.34.